The lowest BCUT2D eigenvalue weighted by molar-refractivity contribution is -0.140. The molecule has 0 bridgehead atoms. The van der Waals surface area contributed by atoms with Crippen molar-refractivity contribution >= 4 is 16.8 Å². The third-order valence-electron chi connectivity index (χ3n) is 3.38. The topological polar surface area (TPSA) is 43.4 Å². The third-order valence-corrected chi connectivity index (χ3v) is 5.40. The van der Waals surface area contributed by atoms with Gasteiger partial charge in [0.15, 0.2) is 4.75 Å². The molecule has 0 aromatic heterocycles. The fraction of sp³-hybridized carbons (Fsp3) is 0.417. The third kappa shape index (κ3) is 1.19. The molecule has 16 heavy (non-hydrogen) atoms. The number of cyclic esters (lactones) is 1. The summed E-state index contributed by atoms with van der Waals surface area (Å²) >= 11 is 0. The molecule has 1 aromatic rings. The molecular formula is C12H12O3S. The van der Waals surface area contributed by atoms with Gasteiger partial charge in [0.1, 0.15) is 0 Å². The van der Waals surface area contributed by atoms with Gasteiger partial charge in [-0.05, 0) is 25.5 Å². The maximum atomic E-state index is 12.3. The number of hydrogen-bond acceptors (Lipinski definition) is 3. The number of benzene rings is 1. The zero-order valence-corrected chi connectivity index (χ0v) is 9.75. The second-order valence-electron chi connectivity index (χ2n) is 4.47. The molecule has 0 amide bonds. The molecule has 3 rings (SSSR count). The maximum absolute atomic E-state index is 12.3. The summed E-state index contributed by atoms with van der Waals surface area (Å²) in [6, 6.07) is 7.51. The fourth-order valence-corrected chi connectivity index (χ4v) is 3.96. The van der Waals surface area contributed by atoms with Crippen molar-refractivity contribution in [2.75, 3.05) is 6.61 Å². The lowest BCUT2D eigenvalue weighted by Gasteiger charge is -2.09. The average molecular weight is 236 g/mol. The van der Waals surface area contributed by atoms with Crippen LogP contribution in [0.1, 0.15) is 12.0 Å². The summed E-state index contributed by atoms with van der Waals surface area (Å²) in [5.41, 5.74) is 1.12. The molecule has 0 radical (unpaired) electrons. The molecule has 4 heteroatoms. The van der Waals surface area contributed by atoms with Crippen molar-refractivity contribution < 1.29 is 13.7 Å². The van der Waals surface area contributed by atoms with Crippen molar-refractivity contribution in [2.24, 2.45) is 5.92 Å². The first-order valence-electron chi connectivity index (χ1n) is 5.30. The van der Waals surface area contributed by atoms with Gasteiger partial charge in [-0.25, -0.2) is 0 Å². The first-order valence-corrected chi connectivity index (χ1v) is 6.45. The first-order chi connectivity index (χ1) is 7.64. The van der Waals surface area contributed by atoms with Crippen molar-refractivity contribution in [1.82, 2.24) is 0 Å². The molecule has 0 N–H and O–H groups in total. The maximum Gasteiger partial charge on any atom is 0.325 e. The number of carbonyl (C=O) groups is 1. The smallest absolute Gasteiger partial charge is 0.325 e. The van der Waals surface area contributed by atoms with Crippen LogP contribution in [0, 0.1) is 12.8 Å². The van der Waals surface area contributed by atoms with Crippen molar-refractivity contribution in [3.63, 3.8) is 0 Å². The Balaban J connectivity index is 1.94. The standard InChI is InChI=1S/C12H12O3S/c1-8-2-4-10(5-3-8)16(14)12-6-9(12)7-15-11(12)13/h2-5,9H,6-7H2,1H3/t9-,12+,16-/m0/s1. The Bertz CT molecular complexity index is 480. The van der Waals surface area contributed by atoms with Gasteiger partial charge in [0, 0.05) is 10.8 Å². The molecule has 2 aliphatic rings. The second-order valence-corrected chi connectivity index (χ2v) is 6.21. The predicted molar refractivity (Wildman–Crippen MR) is 59.4 cm³/mol. The van der Waals surface area contributed by atoms with Gasteiger partial charge in [0.2, 0.25) is 0 Å². The van der Waals surface area contributed by atoms with E-state index in [1.54, 1.807) is 0 Å². The van der Waals surface area contributed by atoms with E-state index in [9.17, 15) is 9.00 Å². The van der Waals surface area contributed by atoms with Crippen molar-refractivity contribution in [1.29, 1.82) is 0 Å². The van der Waals surface area contributed by atoms with Crippen LogP contribution in [0.2, 0.25) is 0 Å². The van der Waals surface area contributed by atoms with Gasteiger partial charge in [0.25, 0.3) is 0 Å². The van der Waals surface area contributed by atoms with E-state index < -0.39 is 15.5 Å². The molecule has 1 saturated heterocycles. The lowest BCUT2D eigenvalue weighted by atomic mass is 10.2. The van der Waals surface area contributed by atoms with Crippen LogP contribution in [0.4, 0.5) is 0 Å². The summed E-state index contributed by atoms with van der Waals surface area (Å²) in [7, 11) is -1.26. The van der Waals surface area contributed by atoms with Gasteiger partial charge in [0.05, 0.1) is 17.4 Å². The van der Waals surface area contributed by atoms with Crippen molar-refractivity contribution in [2.45, 2.75) is 23.0 Å². The summed E-state index contributed by atoms with van der Waals surface area (Å²) < 4.78 is 16.6. The van der Waals surface area contributed by atoms with E-state index in [0.29, 0.717) is 13.0 Å². The number of fused-ring (bicyclic) bond motifs is 1. The minimum absolute atomic E-state index is 0.169. The van der Waals surface area contributed by atoms with E-state index in [4.69, 9.17) is 4.74 Å². The van der Waals surface area contributed by atoms with Crippen LogP contribution in [-0.4, -0.2) is 21.5 Å². The Hall–Kier alpha value is -1.16. The highest BCUT2D eigenvalue weighted by atomic mass is 32.2. The van der Waals surface area contributed by atoms with Crippen molar-refractivity contribution in [3.05, 3.63) is 29.8 Å². The Morgan fingerprint density at radius 1 is 1.38 bits per heavy atom. The molecule has 1 heterocycles. The number of ether oxygens (including phenoxy) is 1. The van der Waals surface area contributed by atoms with Crippen molar-refractivity contribution in [3.8, 4) is 0 Å². The molecule has 1 aromatic carbocycles. The summed E-state index contributed by atoms with van der Waals surface area (Å²) in [6.07, 6.45) is 0.715. The number of esters is 1. The van der Waals surface area contributed by atoms with Crippen LogP contribution < -0.4 is 0 Å². The molecule has 0 spiro atoms. The van der Waals surface area contributed by atoms with E-state index in [0.717, 1.165) is 10.5 Å². The molecule has 2 fully saturated rings. The van der Waals surface area contributed by atoms with Crippen LogP contribution in [-0.2, 0) is 20.3 Å². The largest absolute Gasteiger partial charge is 0.464 e. The summed E-state index contributed by atoms with van der Waals surface area (Å²) in [5.74, 6) is -0.112. The fourth-order valence-electron chi connectivity index (χ4n) is 2.22. The molecule has 84 valence electrons. The monoisotopic (exact) mass is 236 g/mol. The highest BCUT2D eigenvalue weighted by molar-refractivity contribution is 7.87. The first kappa shape index (κ1) is 10.0. The number of hydrogen-bond donors (Lipinski definition) is 0. The van der Waals surface area contributed by atoms with Gasteiger partial charge in [-0.15, -0.1) is 0 Å². The van der Waals surface area contributed by atoms with Crippen LogP contribution in [0.25, 0.3) is 0 Å². The number of carbonyl (C=O) groups excluding carboxylic acids is 1. The van der Waals surface area contributed by atoms with Gasteiger partial charge in [-0.2, -0.15) is 0 Å². The van der Waals surface area contributed by atoms with Gasteiger partial charge < -0.3 is 4.74 Å². The number of aryl methyl sites for hydroxylation is 1. The van der Waals surface area contributed by atoms with E-state index >= 15 is 0 Å². The predicted octanol–water partition coefficient (Wildman–Crippen LogP) is 1.42. The summed E-state index contributed by atoms with van der Waals surface area (Å²) in [4.78, 5) is 12.3. The molecule has 0 unspecified atom stereocenters. The van der Waals surface area contributed by atoms with E-state index in [1.807, 2.05) is 31.2 Å². The number of rotatable bonds is 2. The van der Waals surface area contributed by atoms with E-state index in [-0.39, 0.29) is 11.9 Å². The minimum atomic E-state index is -1.26. The molecule has 3 atom stereocenters. The molecule has 1 aliphatic heterocycles. The molecule has 3 nitrogen and oxygen atoms in total. The Labute approximate surface area is 96.3 Å². The second kappa shape index (κ2) is 3.17. The highest BCUT2D eigenvalue weighted by Crippen LogP contribution is 2.55. The Morgan fingerprint density at radius 3 is 2.56 bits per heavy atom. The zero-order valence-electron chi connectivity index (χ0n) is 8.93. The molecule has 1 aliphatic carbocycles. The van der Waals surface area contributed by atoms with Crippen LogP contribution in [0.15, 0.2) is 29.2 Å². The highest BCUT2D eigenvalue weighted by Gasteiger charge is 2.70. The van der Waals surface area contributed by atoms with Crippen LogP contribution >= 0.6 is 0 Å². The van der Waals surface area contributed by atoms with Gasteiger partial charge in [-0.1, -0.05) is 17.7 Å². The molecule has 1 saturated carbocycles. The Kier molecular flexibility index (Phi) is 1.98. The summed E-state index contributed by atoms with van der Waals surface area (Å²) in [6.45, 7) is 2.42. The minimum Gasteiger partial charge on any atom is -0.464 e. The molecular weight excluding hydrogens is 224 g/mol. The van der Waals surface area contributed by atoms with Crippen LogP contribution in [0.5, 0.6) is 0 Å². The quantitative estimate of drug-likeness (QED) is 0.729. The summed E-state index contributed by atoms with van der Waals surface area (Å²) in [5, 5.41) is 0. The van der Waals surface area contributed by atoms with Gasteiger partial charge in [-0.3, -0.25) is 9.00 Å². The lowest BCUT2D eigenvalue weighted by Crippen LogP contribution is -2.27. The van der Waals surface area contributed by atoms with Crippen LogP contribution in [0.3, 0.4) is 0 Å². The zero-order chi connectivity index (χ0) is 11.3. The normalized spacial score (nSPS) is 33.1. The van der Waals surface area contributed by atoms with E-state index in [1.165, 1.54) is 0 Å². The average Bonchev–Trinajstić information content (AvgIpc) is 2.94. The SMILES string of the molecule is Cc1ccc([S@](=O)[C@]23C[C@H]2COC3=O)cc1. The van der Waals surface area contributed by atoms with E-state index in [2.05, 4.69) is 0 Å². The Morgan fingerprint density at radius 2 is 2.06 bits per heavy atom. The van der Waals surface area contributed by atoms with Gasteiger partial charge >= 0.3 is 5.97 Å².